The van der Waals surface area contributed by atoms with Crippen molar-refractivity contribution in [2.24, 2.45) is 4.99 Å². The van der Waals surface area contributed by atoms with E-state index in [9.17, 15) is 4.79 Å². The topological polar surface area (TPSA) is 74.8 Å². The summed E-state index contributed by atoms with van der Waals surface area (Å²) in [5.74, 6) is 1.45. The van der Waals surface area contributed by atoms with Gasteiger partial charge in [-0.3, -0.25) is 4.79 Å². The number of hydrogen-bond donors (Lipinski definition) is 3. The van der Waals surface area contributed by atoms with Crippen molar-refractivity contribution in [2.75, 3.05) is 26.7 Å². The van der Waals surface area contributed by atoms with Crippen molar-refractivity contribution in [3.63, 3.8) is 0 Å². The fourth-order valence-electron chi connectivity index (χ4n) is 2.30. The zero-order chi connectivity index (χ0) is 18.9. The Morgan fingerprint density at radius 3 is 2.56 bits per heavy atom. The molecule has 0 saturated heterocycles. The fourth-order valence-corrected chi connectivity index (χ4v) is 2.30. The fraction of sp³-hybridized carbons (Fsp3) is 0.579. The van der Waals surface area contributed by atoms with E-state index in [1.807, 2.05) is 34.6 Å². The average Bonchev–Trinajstić information content (AvgIpc) is 2.52. The minimum atomic E-state index is -0.247. The lowest BCUT2D eigenvalue weighted by molar-refractivity contribution is -0.121. The van der Waals surface area contributed by atoms with E-state index in [0.29, 0.717) is 5.96 Å². The number of amides is 1. The summed E-state index contributed by atoms with van der Waals surface area (Å²) in [6.45, 7) is 11.4. The molecule has 0 radical (unpaired) electrons. The van der Waals surface area contributed by atoms with E-state index in [-0.39, 0.29) is 18.0 Å². The molecule has 0 atom stereocenters. The van der Waals surface area contributed by atoms with Crippen molar-refractivity contribution < 1.29 is 9.53 Å². The van der Waals surface area contributed by atoms with Crippen molar-refractivity contribution in [1.82, 2.24) is 16.0 Å². The third-order valence-corrected chi connectivity index (χ3v) is 3.42. The highest BCUT2D eigenvalue weighted by atomic mass is 16.5. The zero-order valence-corrected chi connectivity index (χ0v) is 16.3. The Morgan fingerprint density at radius 2 is 1.96 bits per heavy atom. The van der Waals surface area contributed by atoms with E-state index in [0.717, 1.165) is 30.8 Å². The van der Waals surface area contributed by atoms with Gasteiger partial charge in [0, 0.05) is 18.6 Å². The van der Waals surface area contributed by atoms with Gasteiger partial charge in [0.05, 0.1) is 7.11 Å². The number of guanidine groups is 1. The molecule has 0 aliphatic heterocycles. The third kappa shape index (κ3) is 8.42. The van der Waals surface area contributed by atoms with E-state index in [4.69, 9.17) is 4.74 Å². The molecule has 0 aromatic heterocycles. The maximum Gasteiger partial charge on any atom is 0.242 e. The lowest BCUT2D eigenvalue weighted by atomic mass is 10.1. The smallest absolute Gasteiger partial charge is 0.242 e. The van der Waals surface area contributed by atoms with Gasteiger partial charge < -0.3 is 20.7 Å². The SMILES string of the molecule is CCNC(=NCC(=O)NC(C)(C)C)NCCc1ccc(C)c(OC)c1. The molecule has 25 heavy (non-hydrogen) atoms. The summed E-state index contributed by atoms with van der Waals surface area (Å²) in [6, 6.07) is 6.21. The first kappa shape index (κ1) is 20.8. The van der Waals surface area contributed by atoms with E-state index in [1.54, 1.807) is 7.11 Å². The van der Waals surface area contributed by atoms with Crippen LogP contribution in [-0.4, -0.2) is 44.1 Å². The van der Waals surface area contributed by atoms with Gasteiger partial charge in [0.15, 0.2) is 5.96 Å². The van der Waals surface area contributed by atoms with Crippen molar-refractivity contribution >= 4 is 11.9 Å². The highest BCUT2D eigenvalue weighted by molar-refractivity contribution is 5.85. The highest BCUT2D eigenvalue weighted by Gasteiger charge is 2.13. The van der Waals surface area contributed by atoms with Gasteiger partial charge in [-0.25, -0.2) is 4.99 Å². The van der Waals surface area contributed by atoms with Crippen LogP contribution in [0.5, 0.6) is 5.75 Å². The van der Waals surface area contributed by atoms with Gasteiger partial charge >= 0.3 is 0 Å². The molecule has 0 spiro atoms. The van der Waals surface area contributed by atoms with E-state index < -0.39 is 0 Å². The summed E-state index contributed by atoms with van der Waals surface area (Å²) in [5.41, 5.74) is 2.07. The van der Waals surface area contributed by atoms with Crippen LogP contribution >= 0.6 is 0 Å². The van der Waals surface area contributed by atoms with Gasteiger partial charge in [0.1, 0.15) is 12.3 Å². The quantitative estimate of drug-likeness (QED) is 0.520. The summed E-state index contributed by atoms with van der Waals surface area (Å²) >= 11 is 0. The largest absolute Gasteiger partial charge is 0.496 e. The van der Waals surface area contributed by atoms with Gasteiger partial charge in [-0.05, 0) is 58.2 Å². The Morgan fingerprint density at radius 1 is 1.24 bits per heavy atom. The maximum absolute atomic E-state index is 11.9. The van der Waals surface area contributed by atoms with Crippen LogP contribution in [0.4, 0.5) is 0 Å². The number of nitrogens with one attached hydrogen (secondary N) is 3. The predicted octanol–water partition coefficient (Wildman–Crippen LogP) is 2.02. The second kappa shape index (κ2) is 9.91. The number of benzene rings is 1. The number of methoxy groups -OCH3 is 1. The molecule has 1 amide bonds. The number of hydrogen-bond acceptors (Lipinski definition) is 3. The highest BCUT2D eigenvalue weighted by Crippen LogP contribution is 2.18. The van der Waals surface area contributed by atoms with Crippen LogP contribution in [0.1, 0.15) is 38.8 Å². The van der Waals surface area contributed by atoms with Gasteiger partial charge in [-0.2, -0.15) is 0 Å². The molecule has 0 saturated carbocycles. The molecular weight excluding hydrogens is 316 g/mol. The Kier molecular flexibility index (Phi) is 8.25. The molecule has 0 heterocycles. The van der Waals surface area contributed by atoms with Crippen LogP contribution in [0, 0.1) is 6.92 Å². The second-order valence-electron chi connectivity index (χ2n) is 6.97. The number of aliphatic imine (C=N–C) groups is 1. The Balaban J connectivity index is 2.55. The summed E-state index contributed by atoms with van der Waals surface area (Å²) in [7, 11) is 1.68. The van der Waals surface area contributed by atoms with Crippen LogP contribution in [0.3, 0.4) is 0 Å². The molecule has 1 aromatic carbocycles. The number of ether oxygens (including phenoxy) is 1. The van der Waals surface area contributed by atoms with Crippen LogP contribution < -0.4 is 20.7 Å². The summed E-state index contributed by atoms with van der Waals surface area (Å²) in [5, 5.41) is 9.31. The van der Waals surface area contributed by atoms with E-state index in [2.05, 4.69) is 39.1 Å². The summed E-state index contributed by atoms with van der Waals surface area (Å²) in [4.78, 5) is 16.2. The predicted molar refractivity (Wildman–Crippen MR) is 103 cm³/mol. The zero-order valence-electron chi connectivity index (χ0n) is 16.3. The number of carbonyl (C=O) groups is 1. The molecule has 6 heteroatoms. The number of aryl methyl sites for hydroxylation is 1. The first-order valence-corrected chi connectivity index (χ1v) is 8.72. The third-order valence-electron chi connectivity index (χ3n) is 3.42. The van der Waals surface area contributed by atoms with E-state index in [1.165, 1.54) is 5.56 Å². The maximum atomic E-state index is 11.9. The molecular formula is C19H32N4O2. The van der Waals surface area contributed by atoms with Gasteiger partial charge in [0.2, 0.25) is 5.91 Å². The van der Waals surface area contributed by atoms with Crippen LogP contribution in [-0.2, 0) is 11.2 Å². The van der Waals surface area contributed by atoms with Crippen LogP contribution in [0.2, 0.25) is 0 Å². The normalized spacial score (nSPS) is 11.8. The second-order valence-corrected chi connectivity index (χ2v) is 6.97. The van der Waals surface area contributed by atoms with Gasteiger partial charge in [-0.1, -0.05) is 12.1 Å². The van der Waals surface area contributed by atoms with Crippen molar-refractivity contribution in [1.29, 1.82) is 0 Å². The Bertz CT molecular complexity index is 592. The van der Waals surface area contributed by atoms with Crippen LogP contribution in [0.25, 0.3) is 0 Å². The minimum Gasteiger partial charge on any atom is -0.496 e. The summed E-state index contributed by atoms with van der Waals surface area (Å²) < 4.78 is 5.36. The first-order chi connectivity index (χ1) is 11.7. The Hall–Kier alpha value is -2.24. The average molecular weight is 348 g/mol. The molecule has 3 N–H and O–H groups in total. The lowest BCUT2D eigenvalue weighted by Gasteiger charge is -2.20. The molecule has 0 fully saturated rings. The van der Waals surface area contributed by atoms with Crippen LogP contribution in [0.15, 0.2) is 23.2 Å². The Labute approximate surface area is 151 Å². The molecule has 1 rings (SSSR count). The number of carbonyl (C=O) groups excluding carboxylic acids is 1. The summed E-state index contributed by atoms with van der Waals surface area (Å²) in [6.07, 6.45) is 0.843. The van der Waals surface area contributed by atoms with Crippen molar-refractivity contribution in [3.8, 4) is 5.75 Å². The van der Waals surface area contributed by atoms with Crippen molar-refractivity contribution in [2.45, 2.75) is 46.6 Å². The molecule has 1 aromatic rings. The molecule has 140 valence electrons. The molecule has 0 bridgehead atoms. The molecule has 6 nitrogen and oxygen atoms in total. The lowest BCUT2D eigenvalue weighted by Crippen LogP contribution is -2.43. The standard InChI is InChI=1S/C19H32N4O2/c1-7-20-18(22-13-17(24)23-19(3,4)5)21-11-10-15-9-8-14(2)16(12-15)25-6/h8-9,12H,7,10-11,13H2,1-6H3,(H,23,24)(H2,20,21,22). The van der Waals surface area contributed by atoms with Gasteiger partial charge in [0.25, 0.3) is 0 Å². The number of rotatable bonds is 7. The van der Waals surface area contributed by atoms with Gasteiger partial charge in [-0.15, -0.1) is 0 Å². The molecule has 0 aliphatic rings. The van der Waals surface area contributed by atoms with Crippen molar-refractivity contribution in [3.05, 3.63) is 29.3 Å². The monoisotopic (exact) mass is 348 g/mol. The molecule has 0 unspecified atom stereocenters. The minimum absolute atomic E-state index is 0.0898. The van der Waals surface area contributed by atoms with E-state index >= 15 is 0 Å². The molecule has 0 aliphatic carbocycles. The first-order valence-electron chi connectivity index (χ1n) is 8.72. The number of nitrogens with zero attached hydrogens (tertiary/aromatic N) is 1.